The summed E-state index contributed by atoms with van der Waals surface area (Å²) in [6, 6.07) is 0. The van der Waals surface area contributed by atoms with Gasteiger partial charge in [0.15, 0.2) is 5.78 Å². The summed E-state index contributed by atoms with van der Waals surface area (Å²) in [7, 11) is 0. The van der Waals surface area contributed by atoms with Crippen molar-refractivity contribution in [3.05, 3.63) is 0 Å². The van der Waals surface area contributed by atoms with Crippen LogP contribution in [0.25, 0.3) is 0 Å². The third-order valence-corrected chi connectivity index (χ3v) is 4.66. The van der Waals surface area contributed by atoms with E-state index in [9.17, 15) is 4.79 Å². The zero-order valence-electron chi connectivity index (χ0n) is 9.15. The maximum atomic E-state index is 12.4. The van der Waals surface area contributed by atoms with Crippen LogP contribution in [-0.4, -0.2) is 38.6 Å². The lowest BCUT2D eigenvalue weighted by Crippen LogP contribution is -3.41. The first kappa shape index (κ1) is 8.86. The lowest BCUT2D eigenvalue weighted by atomic mass is 9.61. The van der Waals surface area contributed by atoms with E-state index in [1.807, 2.05) is 0 Å². The Balaban J connectivity index is 2.06. The van der Waals surface area contributed by atoms with Crippen LogP contribution in [0, 0.1) is 10.8 Å². The second kappa shape index (κ2) is 2.39. The Labute approximate surface area is 85.1 Å². The van der Waals surface area contributed by atoms with Gasteiger partial charge in [-0.3, -0.25) is 14.6 Å². The predicted molar refractivity (Wildman–Crippen MR) is 52.1 cm³/mol. The molecule has 4 aliphatic rings. The van der Waals surface area contributed by atoms with Gasteiger partial charge in [0.1, 0.15) is 10.8 Å². The summed E-state index contributed by atoms with van der Waals surface area (Å²) >= 11 is 0. The maximum Gasteiger partial charge on any atom is 0.204 e. The molecule has 4 saturated heterocycles. The van der Waals surface area contributed by atoms with Crippen LogP contribution in [0.5, 0.6) is 0 Å². The van der Waals surface area contributed by atoms with E-state index in [1.165, 1.54) is 6.67 Å². The van der Waals surface area contributed by atoms with Crippen molar-refractivity contribution in [3.63, 3.8) is 0 Å². The van der Waals surface area contributed by atoms with Crippen LogP contribution in [-0.2, 0) is 4.79 Å². The highest BCUT2D eigenvalue weighted by Crippen LogP contribution is 2.36. The zero-order chi connectivity index (χ0) is 9.97. The quantitative estimate of drug-likeness (QED) is 0.486. The molecule has 0 aliphatic carbocycles. The van der Waals surface area contributed by atoms with E-state index >= 15 is 0 Å². The standard InChI is InChI=1S/C11H18N2O/c1-3-11-6-12-4-10(2,9(11)14)5-13(7-11)8-12/h3-8H2,1-2H3/p+2. The van der Waals surface area contributed by atoms with Gasteiger partial charge < -0.3 is 0 Å². The van der Waals surface area contributed by atoms with Crippen LogP contribution in [0.1, 0.15) is 20.3 Å². The lowest BCUT2D eigenvalue weighted by Gasteiger charge is -2.56. The minimum absolute atomic E-state index is 0.00935. The fraction of sp³-hybridized carbons (Fsp3) is 0.909. The Hall–Kier alpha value is -0.410. The number of hydrogen-bond donors (Lipinski definition) is 2. The van der Waals surface area contributed by atoms with E-state index in [-0.39, 0.29) is 10.8 Å². The number of carbonyl (C=O) groups excluding carboxylic acids is 1. The topological polar surface area (TPSA) is 26.0 Å². The molecule has 0 amide bonds. The summed E-state index contributed by atoms with van der Waals surface area (Å²) in [6.45, 7) is 10.0. The molecule has 0 saturated carbocycles. The molecule has 0 aromatic carbocycles. The number of quaternary nitrogens is 2. The minimum Gasteiger partial charge on any atom is -0.297 e. The highest BCUT2D eigenvalue weighted by molar-refractivity contribution is 5.91. The predicted octanol–water partition coefficient (Wildman–Crippen LogP) is -2.27. The van der Waals surface area contributed by atoms with E-state index in [1.54, 1.807) is 9.80 Å². The maximum absolute atomic E-state index is 12.4. The summed E-state index contributed by atoms with van der Waals surface area (Å²) in [6.07, 6.45) is 1.05. The number of Topliss-reactive ketones (excluding diaryl/α,β-unsaturated/α-hetero) is 1. The average molecular weight is 196 g/mol. The Morgan fingerprint density at radius 1 is 1.21 bits per heavy atom. The number of ketones is 1. The summed E-state index contributed by atoms with van der Waals surface area (Å²) in [4.78, 5) is 15.8. The smallest absolute Gasteiger partial charge is 0.204 e. The molecule has 4 rings (SSSR count). The molecule has 0 radical (unpaired) electrons. The molecule has 3 heteroatoms. The van der Waals surface area contributed by atoms with Gasteiger partial charge in [-0.2, -0.15) is 0 Å². The Bertz CT molecular complexity index is 286. The first-order valence-electron chi connectivity index (χ1n) is 5.80. The SMILES string of the molecule is CCC12C[NH+]3C[NH+](CC(C)(C3)C1=O)C2. The molecular weight excluding hydrogens is 176 g/mol. The van der Waals surface area contributed by atoms with E-state index in [0.29, 0.717) is 5.78 Å². The van der Waals surface area contributed by atoms with Crippen LogP contribution in [0.3, 0.4) is 0 Å². The van der Waals surface area contributed by atoms with Gasteiger partial charge in [-0.05, 0) is 13.3 Å². The zero-order valence-corrected chi connectivity index (χ0v) is 9.15. The van der Waals surface area contributed by atoms with Gasteiger partial charge in [0.2, 0.25) is 6.67 Å². The van der Waals surface area contributed by atoms with E-state index in [2.05, 4.69) is 13.8 Å². The molecule has 4 bridgehead atoms. The van der Waals surface area contributed by atoms with Crippen LogP contribution in [0.4, 0.5) is 0 Å². The molecular formula is C11H20N2O+2. The van der Waals surface area contributed by atoms with Gasteiger partial charge in [0, 0.05) is 0 Å². The molecule has 3 nitrogen and oxygen atoms in total. The van der Waals surface area contributed by atoms with Gasteiger partial charge in [-0.25, -0.2) is 0 Å². The number of carbonyl (C=O) groups is 1. The van der Waals surface area contributed by atoms with Crippen molar-refractivity contribution < 1.29 is 14.6 Å². The van der Waals surface area contributed by atoms with Crippen LogP contribution >= 0.6 is 0 Å². The molecule has 0 aromatic heterocycles. The van der Waals surface area contributed by atoms with Crippen molar-refractivity contribution in [1.29, 1.82) is 0 Å². The van der Waals surface area contributed by atoms with Gasteiger partial charge in [0.05, 0.1) is 26.2 Å². The number of nitrogens with one attached hydrogen (secondary N) is 2. The number of piperidine rings is 2. The highest BCUT2D eigenvalue weighted by atomic mass is 16.1. The summed E-state index contributed by atoms with van der Waals surface area (Å²) in [5.74, 6) is 0.583. The van der Waals surface area contributed by atoms with Crippen molar-refractivity contribution in [3.8, 4) is 0 Å². The first-order valence-corrected chi connectivity index (χ1v) is 5.80. The number of hydrogen-bond acceptors (Lipinski definition) is 1. The van der Waals surface area contributed by atoms with Crippen LogP contribution < -0.4 is 9.80 Å². The lowest BCUT2D eigenvalue weighted by molar-refractivity contribution is -1.14. The van der Waals surface area contributed by atoms with Crippen molar-refractivity contribution >= 4 is 5.78 Å². The fourth-order valence-corrected chi connectivity index (χ4v) is 4.29. The van der Waals surface area contributed by atoms with E-state index in [4.69, 9.17) is 0 Å². The van der Waals surface area contributed by atoms with Crippen molar-refractivity contribution in [2.24, 2.45) is 10.8 Å². The van der Waals surface area contributed by atoms with Gasteiger partial charge >= 0.3 is 0 Å². The Morgan fingerprint density at radius 2 is 1.79 bits per heavy atom. The summed E-state index contributed by atoms with van der Waals surface area (Å²) in [5, 5.41) is 0. The van der Waals surface area contributed by atoms with Crippen molar-refractivity contribution in [1.82, 2.24) is 0 Å². The molecule has 4 aliphatic heterocycles. The van der Waals surface area contributed by atoms with Crippen molar-refractivity contribution in [2.75, 3.05) is 32.8 Å². The van der Waals surface area contributed by atoms with Crippen LogP contribution in [0.15, 0.2) is 0 Å². The second-order valence-electron chi connectivity index (χ2n) is 5.91. The van der Waals surface area contributed by atoms with Crippen LogP contribution in [0.2, 0.25) is 0 Å². The van der Waals surface area contributed by atoms with Gasteiger partial charge in [0.25, 0.3) is 0 Å². The van der Waals surface area contributed by atoms with Crippen molar-refractivity contribution in [2.45, 2.75) is 20.3 Å². The molecule has 78 valence electrons. The molecule has 2 N–H and O–H groups in total. The summed E-state index contributed by atoms with van der Waals surface area (Å²) < 4.78 is 0. The highest BCUT2D eigenvalue weighted by Gasteiger charge is 2.65. The second-order valence-corrected chi connectivity index (χ2v) is 5.91. The Kier molecular flexibility index (Phi) is 1.51. The van der Waals surface area contributed by atoms with Gasteiger partial charge in [-0.1, -0.05) is 6.92 Å². The van der Waals surface area contributed by atoms with E-state index < -0.39 is 0 Å². The Morgan fingerprint density at radius 3 is 2.29 bits per heavy atom. The molecule has 0 aromatic rings. The normalized spacial score (nSPS) is 55.4. The molecule has 2 atom stereocenters. The molecule has 4 fully saturated rings. The van der Waals surface area contributed by atoms with E-state index in [0.717, 1.165) is 32.6 Å². The summed E-state index contributed by atoms with van der Waals surface area (Å²) in [5.41, 5.74) is 0.0591. The average Bonchev–Trinajstić information content (AvgIpc) is 2.12. The minimum atomic E-state index is 0.00935. The molecule has 4 heterocycles. The molecule has 2 unspecified atom stereocenters. The fourth-order valence-electron chi connectivity index (χ4n) is 4.29. The first-order chi connectivity index (χ1) is 6.58. The third-order valence-electron chi connectivity index (χ3n) is 4.66. The largest absolute Gasteiger partial charge is 0.297 e. The number of rotatable bonds is 1. The molecule has 0 spiro atoms. The van der Waals surface area contributed by atoms with Gasteiger partial charge in [-0.15, -0.1) is 0 Å². The monoisotopic (exact) mass is 196 g/mol. The third kappa shape index (κ3) is 0.873. The molecule has 14 heavy (non-hydrogen) atoms.